The summed E-state index contributed by atoms with van der Waals surface area (Å²) in [4.78, 5) is 11.8. The van der Waals surface area contributed by atoms with Crippen LogP contribution in [0.15, 0.2) is 29.4 Å². The number of nitrogens with zero attached hydrogens (tertiary/aromatic N) is 3. The summed E-state index contributed by atoms with van der Waals surface area (Å²) >= 11 is 7.33. The monoisotopic (exact) mass is 352 g/mol. The molecular weight excluding hydrogens is 332 g/mol. The Morgan fingerprint density at radius 2 is 2.00 bits per heavy atom. The summed E-state index contributed by atoms with van der Waals surface area (Å²) in [5.74, 6) is 1.17. The van der Waals surface area contributed by atoms with E-state index in [9.17, 15) is 4.79 Å². The van der Waals surface area contributed by atoms with E-state index < -0.39 is 0 Å². The summed E-state index contributed by atoms with van der Waals surface area (Å²) in [5.41, 5.74) is 0.961. The van der Waals surface area contributed by atoms with Crippen molar-refractivity contribution < 1.29 is 4.79 Å². The molecule has 1 N–H and O–H groups in total. The minimum absolute atomic E-state index is 0.0298. The minimum Gasteiger partial charge on any atom is -0.355 e. The fraction of sp³-hybridized carbons (Fsp3) is 0.438. The van der Waals surface area contributed by atoms with Gasteiger partial charge in [0.2, 0.25) is 5.91 Å². The van der Waals surface area contributed by atoms with Crippen LogP contribution in [0, 0.1) is 0 Å². The van der Waals surface area contributed by atoms with Gasteiger partial charge in [0, 0.05) is 23.7 Å². The van der Waals surface area contributed by atoms with Crippen LogP contribution in [0.1, 0.15) is 26.7 Å². The second kappa shape index (κ2) is 8.93. The molecule has 124 valence electrons. The van der Waals surface area contributed by atoms with E-state index in [0.29, 0.717) is 10.8 Å². The second-order valence-corrected chi connectivity index (χ2v) is 6.43. The topological polar surface area (TPSA) is 59.8 Å². The van der Waals surface area contributed by atoms with E-state index in [1.807, 2.05) is 35.8 Å². The highest BCUT2D eigenvalue weighted by atomic mass is 35.5. The number of amides is 1. The van der Waals surface area contributed by atoms with Gasteiger partial charge in [-0.1, -0.05) is 36.7 Å². The zero-order valence-electron chi connectivity index (χ0n) is 13.4. The van der Waals surface area contributed by atoms with E-state index in [4.69, 9.17) is 11.6 Å². The Labute approximate surface area is 145 Å². The first-order valence-corrected chi connectivity index (χ1v) is 9.10. The highest BCUT2D eigenvalue weighted by Gasteiger charge is 2.14. The summed E-state index contributed by atoms with van der Waals surface area (Å²) in [5, 5.41) is 12.8. The molecule has 0 atom stereocenters. The van der Waals surface area contributed by atoms with Crippen LogP contribution < -0.4 is 5.32 Å². The highest BCUT2D eigenvalue weighted by Crippen LogP contribution is 2.24. The summed E-state index contributed by atoms with van der Waals surface area (Å²) in [6.45, 7) is 5.61. The molecule has 1 heterocycles. The number of hydrogen-bond donors (Lipinski definition) is 1. The van der Waals surface area contributed by atoms with Gasteiger partial charge in [-0.3, -0.25) is 4.79 Å². The zero-order chi connectivity index (χ0) is 16.7. The van der Waals surface area contributed by atoms with Crippen molar-refractivity contribution >= 4 is 29.3 Å². The van der Waals surface area contributed by atoms with Gasteiger partial charge in [0.25, 0.3) is 0 Å². The molecule has 0 fully saturated rings. The summed E-state index contributed by atoms with van der Waals surface area (Å²) < 4.78 is 2.01. The third kappa shape index (κ3) is 4.97. The van der Waals surface area contributed by atoms with Crippen molar-refractivity contribution in [2.45, 2.75) is 38.4 Å². The van der Waals surface area contributed by atoms with E-state index in [0.717, 1.165) is 42.5 Å². The maximum absolute atomic E-state index is 11.8. The third-order valence-corrected chi connectivity index (χ3v) is 4.54. The third-order valence-electron chi connectivity index (χ3n) is 3.32. The highest BCUT2D eigenvalue weighted by molar-refractivity contribution is 7.99. The zero-order valence-corrected chi connectivity index (χ0v) is 15.0. The Bertz CT molecular complexity index is 642. The SMILES string of the molecule is CCCCNC(=O)CSc1nnc(-c2ccc(Cl)cc2)n1CC. The molecule has 1 aromatic carbocycles. The molecule has 0 aliphatic heterocycles. The number of aromatic nitrogens is 3. The average Bonchev–Trinajstić information content (AvgIpc) is 2.97. The van der Waals surface area contributed by atoms with E-state index in [1.165, 1.54) is 11.8 Å². The number of halogens is 1. The van der Waals surface area contributed by atoms with Gasteiger partial charge >= 0.3 is 0 Å². The molecule has 0 unspecified atom stereocenters. The number of carbonyl (C=O) groups is 1. The molecule has 0 bridgehead atoms. The quantitative estimate of drug-likeness (QED) is 0.582. The Kier molecular flexibility index (Phi) is 6.92. The van der Waals surface area contributed by atoms with Crippen molar-refractivity contribution in [3.05, 3.63) is 29.3 Å². The molecule has 0 aliphatic rings. The van der Waals surface area contributed by atoms with Crippen molar-refractivity contribution in [3.8, 4) is 11.4 Å². The van der Waals surface area contributed by atoms with Gasteiger partial charge in [0.05, 0.1) is 5.75 Å². The number of benzene rings is 1. The molecule has 7 heteroatoms. The first-order chi connectivity index (χ1) is 11.2. The largest absolute Gasteiger partial charge is 0.355 e. The van der Waals surface area contributed by atoms with Crippen molar-refractivity contribution in [1.29, 1.82) is 0 Å². The molecule has 0 aliphatic carbocycles. The van der Waals surface area contributed by atoms with Gasteiger partial charge in [-0.05, 0) is 37.6 Å². The van der Waals surface area contributed by atoms with E-state index in [-0.39, 0.29) is 5.91 Å². The Morgan fingerprint density at radius 3 is 2.65 bits per heavy atom. The Morgan fingerprint density at radius 1 is 1.26 bits per heavy atom. The summed E-state index contributed by atoms with van der Waals surface area (Å²) in [6.07, 6.45) is 2.07. The minimum atomic E-state index is 0.0298. The summed E-state index contributed by atoms with van der Waals surface area (Å²) in [6, 6.07) is 7.51. The number of carbonyl (C=O) groups excluding carboxylic acids is 1. The molecule has 23 heavy (non-hydrogen) atoms. The number of rotatable bonds is 8. The first-order valence-electron chi connectivity index (χ1n) is 7.74. The molecule has 0 saturated carbocycles. The van der Waals surface area contributed by atoms with Gasteiger partial charge in [-0.2, -0.15) is 0 Å². The lowest BCUT2D eigenvalue weighted by Gasteiger charge is -2.07. The van der Waals surface area contributed by atoms with Crippen LogP contribution in [0.5, 0.6) is 0 Å². The molecule has 5 nitrogen and oxygen atoms in total. The lowest BCUT2D eigenvalue weighted by atomic mass is 10.2. The van der Waals surface area contributed by atoms with E-state index in [1.54, 1.807) is 0 Å². The molecule has 2 aromatic rings. The molecular formula is C16H21ClN4OS. The van der Waals surface area contributed by atoms with E-state index in [2.05, 4.69) is 22.4 Å². The standard InChI is InChI=1S/C16H21ClN4OS/c1-3-5-10-18-14(22)11-23-16-20-19-15(21(16)4-2)12-6-8-13(17)9-7-12/h6-9H,3-5,10-11H2,1-2H3,(H,18,22). The maximum Gasteiger partial charge on any atom is 0.230 e. The summed E-state index contributed by atoms with van der Waals surface area (Å²) in [7, 11) is 0. The fourth-order valence-electron chi connectivity index (χ4n) is 2.08. The first kappa shape index (κ1) is 17.8. The van der Waals surface area contributed by atoms with E-state index >= 15 is 0 Å². The van der Waals surface area contributed by atoms with Crippen molar-refractivity contribution in [3.63, 3.8) is 0 Å². The molecule has 0 radical (unpaired) electrons. The van der Waals surface area contributed by atoms with Crippen molar-refractivity contribution in [2.24, 2.45) is 0 Å². The number of unbranched alkanes of at least 4 members (excludes halogenated alkanes) is 1. The number of nitrogens with one attached hydrogen (secondary N) is 1. The van der Waals surface area contributed by atoms with Gasteiger partial charge < -0.3 is 9.88 Å². The van der Waals surface area contributed by atoms with Gasteiger partial charge in [0.15, 0.2) is 11.0 Å². The average molecular weight is 353 g/mol. The molecule has 2 rings (SSSR count). The number of thioether (sulfide) groups is 1. The predicted molar refractivity (Wildman–Crippen MR) is 94.8 cm³/mol. The van der Waals surface area contributed by atoms with Gasteiger partial charge in [-0.15, -0.1) is 10.2 Å². The van der Waals surface area contributed by atoms with Crippen LogP contribution in [0.25, 0.3) is 11.4 Å². The van der Waals surface area contributed by atoms with Crippen LogP contribution in [-0.4, -0.2) is 33.0 Å². The number of hydrogen-bond acceptors (Lipinski definition) is 4. The van der Waals surface area contributed by atoms with Gasteiger partial charge in [0.1, 0.15) is 0 Å². The second-order valence-electron chi connectivity index (χ2n) is 5.05. The smallest absolute Gasteiger partial charge is 0.230 e. The van der Waals surface area contributed by atoms with Crippen LogP contribution in [0.2, 0.25) is 5.02 Å². The van der Waals surface area contributed by atoms with Crippen LogP contribution >= 0.6 is 23.4 Å². The molecule has 0 saturated heterocycles. The lowest BCUT2D eigenvalue weighted by molar-refractivity contribution is -0.118. The molecule has 1 aromatic heterocycles. The Balaban J connectivity index is 2.03. The lowest BCUT2D eigenvalue weighted by Crippen LogP contribution is -2.26. The predicted octanol–water partition coefficient (Wildman–Crippen LogP) is 3.63. The van der Waals surface area contributed by atoms with Crippen LogP contribution in [0.3, 0.4) is 0 Å². The van der Waals surface area contributed by atoms with Crippen molar-refractivity contribution in [1.82, 2.24) is 20.1 Å². The fourth-order valence-corrected chi connectivity index (χ4v) is 3.04. The van der Waals surface area contributed by atoms with Crippen LogP contribution in [0.4, 0.5) is 0 Å². The molecule has 0 spiro atoms. The Hall–Kier alpha value is -1.53. The maximum atomic E-state index is 11.8. The van der Waals surface area contributed by atoms with Gasteiger partial charge in [-0.25, -0.2) is 0 Å². The van der Waals surface area contributed by atoms with Crippen molar-refractivity contribution in [2.75, 3.05) is 12.3 Å². The van der Waals surface area contributed by atoms with Crippen LogP contribution in [-0.2, 0) is 11.3 Å². The molecule has 1 amide bonds. The normalized spacial score (nSPS) is 10.7.